The van der Waals surface area contributed by atoms with E-state index in [9.17, 15) is 8.78 Å². The van der Waals surface area contributed by atoms with Crippen LogP contribution < -0.4 is 10.5 Å². The third kappa shape index (κ3) is 1.85. The van der Waals surface area contributed by atoms with Gasteiger partial charge in [0.2, 0.25) is 0 Å². The average molecular weight is 230 g/mol. The van der Waals surface area contributed by atoms with Gasteiger partial charge in [0.25, 0.3) is 0 Å². The van der Waals surface area contributed by atoms with Crippen LogP contribution in [0.3, 0.4) is 0 Å². The number of thiazole rings is 1. The molecule has 80 valence electrons. The number of fused-ring (bicyclic) bond motifs is 1. The summed E-state index contributed by atoms with van der Waals surface area (Å²) in [7, 11) is 0. The molecule has 0 bridgehead atoms. The van der Waals surface area contributed by atoms with Gasteiger partial charge in [0.1, 0.15) is 29.2 Å². The summed E-state index contributed by atoms with van der Waals surface area (Å²) in [5.74, 6) is -0.0381. The van der Waals surface area contributed by atoms with Crippen LogP contribution in [0.25, 0.3) is 10.2 Å². The van der Waals surface area contributed by atoms with E-state index in [1.54, 1.807) is 0 Å². The number of benzene rings is 1. The third-order valence-electron chi connectivity index (χ3n) is 1.81. The molecule has 0 aliphatic rings. The molecule has 0 amide bonds. The van der Waals surface area contributed by atoms with Gasteiger partial charge in [-0.25, -0.2) is 13.8 Å². The standard InChI is InChI=1S/C9H8F2N2OS/c10-3-4-14-6-2-1-5(11)7-8(6)15-9(12)13-7/h1-2H,3-4H2,(H2,12,13). The first kappa shape index (κ1) is 10.1. The van der Waals surface area contributed by atoms with E-state index in [1.165, 1.54) is 12.1 Å². The molecule has 3 nitrogen and oxygen atoms in total. The van der Waals surface area contributed by atoms with E-state index in [2.05, 4.69) is 4.98 Å². The summed E-state index contributed by atoms with van der Waals surface area (Å²) in [6.45, 7) is -0.647. The van der Waals surface area contributed by atoms with E-state index in [0.717, 1.165) is 11.3 Å². The van der Waals surface area contributed by atoms with Crippen molar-refractivity contribution in [3.8, 4) is 5.75 Å². The molecule has 2 N–H and O–H groups in total. The normalized spacial score (nSPS) is 10.8. The fourth-order valence-electron chi connectivity index (χ4n) is 1.23. The van der Waals surface area contributed by atoms with Crippen molar-refractivity contribution >= 4 is 26.7 Å². The number of aromatic nitrogens is 1. The van der Waals surface area contributed by atoms with E-state index in [-0.39, 0.29) is 17.3 Å². The number of ether oxygens (including phenoxy) is 1. The molecule has 0 saturated carbocycles. The molecule has 1 aromatic heterocycles. The molecular formula is C9H8F2N2OS. The lowest BCUT2D eigenvalue weighted by molar-refractivity contribution is 0.276. The zero-order chi connectivity index (χ0) is 10.8. The van der Waals surface area contributed by atoms with Crippen molar-refractivity contribution in [3.63, 3.8) is 0 Å². The van der Waals surface area contributed by atoms with E-state index in [4.69, 9.17) is 10.5 Å². The Labute approximate surface area is 88.5 Å². The Bertz CT molecular complexity index is 486. The van der Waals surface area contributed by atoms with Crippen LogP contribution in [0.4, 0.5) is 13.9 Å². The first-order valence-electron chi connectivity index (χ1n) is 4.25. The molecular weight excluding hydrogens is 222 g/mol. The van der Waals surface area contributed by atoms with Gasteiger partial charge >= 0.3 is 0 Å². The van der Waals surface area contributed by atoms with Crippen molar-refractivity contribution in [2.75, 3.05) is 19.0 Å². The predicted molar refractivity (Wildman–Crippen MR) is 55.5 cm³/mol. The number of nitrogen functional groups attached to an aromatic ring is 1. The van der Waals surface area contributed by atoms with Crippen molar-refractivity contribution in [3.05, 3.63) is 17.9 Å². The lowest BCUT2D eigenvalue weighted by Crippen LogP contribution is -1.98. The lowest BCUT2D eigenvalue weighted by atomic mass is 10.3. The van der Waals surface area contributed by atoms with Gasteiger partial charge < -0.3 is 10.5 Å². The minimum absolute atomic E-state index is 0.0570. The Morgan fingerprint density at radius 3 is 3.00 bits per heavy atom. The van der Waals surface area contributed by atoms with Crippen LogP contribution >= 0.6 is 11.3 Å². The molecule has 15 heavy (non-hydrogen) atoms. The van der Waals surface area contributed by atoms with Gasteiger partial charge in [0.05, 0.1) is 0 Å². The zero-order valence-corrected chi connectivity index (χ0v) is 8.48. The molecule has 0 atom stereocenters. The summed E-state index contributed by atoms with van der Waals surface area (Å²) in [6, 6.07) is 2.68. The maximum absolute atomic E-state index is 13.3. The lowest BCUT2D eigenvalue weighted by Gasteiger charge is -2.03. The van der Waals surface area contributed by atoms with Crippen LogP contribution in [0.2, 0.25) is 0 Å². The molecule has 2 aromatic rings. The summed E-state index contributed by atoms with van der Waals surface area (Å²) in [6.07, 6.45) is 0. The molecule has 0 aliphatic heterocycles. The number of anilines is 1. The number of rotatable bonds is 3. The van der Waals surface area contributed by atoms with Crippen LogP contribution in [-0.2, 0) is 0 Å². The topological polar surface area (TPSA) is 48.1 Å². The van der Waals surface area contributed by atoms with Gasteiger partial charge in [0.15, 0.2) is 10.9 Å². The summed E-state index contributed by atoms with van der Waals surface area (Å²) in [5.41, 5.74) is 5.64. The number of hydrogen-bond acceptors (Lipinski definition) is 4. The van der Waals surface area contributed by atoms with Crippen molar-refractivity contribution < 1.29 is 13.5 Å². The Kier molecular flexibility index (Phi) is 2.68. The fraction of sp³-hybridized carbons (Fsp3) is 0.222. The highest BCUT2D eigenvalue weighted by molar-refractivity contribution is 7.22. The highest BCUT2D eigenvalue weighted by atomic mass is 32.1. The predicted octanol–water partition coefficient (Wildman–Crippen LogP) is 2.37. The first-order valence-corrected chi connectivity index (χ1v) is 5.07. The number of halogens is 2. The number of hydrogen-bond donors (Lipinski definition) is 1. The molecule has 2 rings (SSSR count). The fourth-order valence-corrected chi connectivity index (χ4v) is 2.04. The smallest absolute Gasteiger partial charge is 0.181 e. The summed E-state index contributed by atoms with van der Waals surface area (Å²) >= 11 is 1.12. The minimum atomic E-state index is -0.590. The summed E-state index contributed by atoms with van der Waals surface area (Å²) in [5, 5.41) is 0.264. The Hall–Kier alpha value is -1.43. The number of nitrogens with two attached hydrogens (primary N) is 1. The van der Waals surface area contributed by atoms with E-state index < -0.39 is 12.5 Å². The SMILES string of the molecule is Nc1nc2c(F)ccc(OCCF)c2s1. The van der Waals surface area contributed by atoms with Crippen molar-refractivity contribution in [1.29, 1.82) is 0 Å². The Morgan fingerprint density at radius 1 is 1.47 bits per heavy atom. The molecule has 0 radical (unpaired) electrons. The van der Waals surface area contributed by atoms with E-state index in [0.29, 0.717) is 10.4 Å². The van der Waals surface area contributed by atoms with E-state index >= 15 is 0 Å². The molecule has 1 aromatic carbocycles. The number of nitrogens with zero attached hydrogens (tertiary/aromatic N) is 1. The quantitative estimate of drug-likeness (QED) is 0.880. The van der Waals surface area contributed by atoms with Gasteiger partial charge in [-0.15, -0.1) is 0 Å². The Balaban J connectivity index is 2.50. The molecule has 0 fully saturated rings. The molecule has 0 unspecified atom stereocenters. The van der Waals surface area contributed by atoms with Crippen molar-refractivity contribution in [2.24, 2.45) is 0 Å². The molecule has 0 spiro atoms. The summed E-state index contributed by atoms with van der Waals surface area (Å²) in [4.78, 5) is 3.83. The van der Waals surface area contributed by atoms with Gasteiger partial charge in [-0.1, -0.05) is 11.3 Å². The van der Waals surface area contributed by atoms with Gasteiger partial charge in [-0.3, -0.25) is 0 Å². The van der Waals surface area contributed by atoms with Crippen LogP contribution in [0, 0.1) is 5.82 Å². The summed E-state index contributed by atoms with van der Waals surface area (Å²) < 4.78 is 30.8. The second kappa shape index (κ2) is 3.98. The largest absolute Gasteiger partial charge is 0.489 e. The monoisotopic (exact) mass is 230 g/mol. The van der Waals surface area contributed by atoms with Crippen LogP contribution in [0.1, 0.15) is 0 Å². The van der Waals surface area contributed by atoms with Crippen molar-refractivity contribution in [2.45, 2.75) is 0 Å². The second-order valence-corrected chi connectivity index (χ2v) is 3.84. The second-order valence-electron chi connectivity index (χ2n) is 2.81. The first-order chi connectivity index (χ1) is 7.22. The minimum Gasteiger partial charge on any atom is -0.489 e. The van der Waals surface area contributed by atoms with Crippen LogP contribution in [-0.4, -0.2) is 18.3 Å². The molecule has 6 heteroatoms. The Morgan fingerprint density at radius 2 is 2.27 bits per heavy atom. The highest BCUT2D eigenvalue weighted by Crippen LogP contribution is 2.33. The maximum Gasteiger partial charge on any atom is 0.181 e. The van der Waals surface area contributed by atoms with Gasteiger partial charge in [-0.05, 0) is 12.1 Å². The zero-order valence-electron chi connectivity index (χ0n) is 7.67. The average Bonchev–Trinajstić information content (AvgIpc) is 2.60. The van der Waals surface area contributed by atoms with Crippen LogP contribution in [0.5, 0.6) is 5.75 Å². The van der Waals surface area contributed by atoms with E-state index in [1.807, 2.05) is 0 Å². The molecule has 0 aliphatic carbocycles. The maximum atomic E-state index is 13.3. The highest BCUT2D eigenvalue weighted by Gasteiger charge is 2.11. The van der Waals surface area contributed by atoms with Crippen molar-refractivity contribution in [1.82, 2.24) is 4.98 Å². The third-order valence-corrected chi connectivity index (χ3v) is 2.71. The van der Waals surface area contributed by atoms with Crippen LogP contribution in [0.15, 0.2) is 12.1 Å². The van der Waals surface area contributed by atoms with Gasteiger partial charge in [-0.2, -0.15) is 0 Å². The van der Waals surface area contributed by atoms with Gasteiger partial charge in [0, 0.05) is 0 Å². The molecule has 1 heterocycles. The number of alkyl halides is 1. The molecule has 0 saturated heterocycles.